The van der Waals surface area contributed by atoms with Gasteiger partial charge in [0, 0.05) is 36.0 Å². The smallest absolute Gasteiger partial charge is 0.147 e. The first kappa shape index (κ1) is 16.4. The van der Waals surface area contributed by atoms with Crippen LogP contribution in [0.3, 0.4) is 0 Å². The van der Waals surface area contributed by atoms with Crippen LogP contribution in [0.5, 0.6) is 0 Å². The van der Waals surface area contributed by atoms with Gasteiger partial charge in [0.1, 0.15) is 6.23 Å². The van der Waals surface area contributed by atoms with Crippen molar-refractivity contribution in [2.75, 3.05) is 12.3 Å². The van der Waals surface area contributed by atoms with E-state index in [0.29, 0.717) is 17.8 Å². The van der Waals surface area contributed by atoms with Crippen LogP contribution in [-0.4, -0.2) is 31.0 Å². The van der Waals surface area contributed by atoms with E-state index in [9.17, 15) is 0 Å². The minimum Gasteiger partial charge on any atom is -0.398 e. The molecule has 0 amide bonds. The molecule has 0 radical (unpaired) electrons. The second-order valence-electron chi connectivity index (χ2n) is 5.49. The van der Waals surface area contributed by atoms with Crippen molar-refractivity contribution >= 4 is 23.8 Å². The van der Waals surface area contributed by atoms with E-state index in [1.54, 1.807) is 6.21 Å². The molecule has 22 heavy (non-hydrogen) atoms. The van der Waals surface area contributed by atoms with Gasteiger partial charge in [-0.25, -0.2) is 0 Å². The van der Waals surface area contributed by atoms with Gasteiger partial charge in [0.15, 0.2) is 0 Å². The number of anilines is 1. The van der Waals surface area contributed by atoms with Crippen LogP contribution in [0.1, 0.15) is 49.7 Å². The third-order valence-corrected chi connectivity index (χ3v) is 3.89. The highest BCUT2D eigenvalue weighted by atomic mass is 16.5. The lowest BCUT2D eigenvalue weighted by atomic mass is 9.96. The highest BCUT2D eigenvalue weighted by Gasteiger charge is 2.14. The Hall–Kier alpha value is -2.01. The Bertz CT molecular complexity index is 562. The molecule has 0 saturated carbocycles. The maximum atomic E-state index is 7.89. The maximum absolute atomic E-state index is 7.89. The van der Waals surface area contributed by atoms with Gasteiger partial charge in [-0.15, -0.1) is 0 Å². The first-order valence-electron chi connectivity index (χ1n) is 7.78. The first-order valence-corrected chi connectivity index (χ1v) is 7.78. The lowest BCUT2D eigenvalue weighted by Crippen LogP contribution is -2.17. The van der Waals surface area contributed by atoms with Crippen molar-refractivity contribution in [3.8, 4) is 0 Å². The van der Waals surface area contributed by atoms with Gasteiger partial charge in [0.05, 0.1) is 5.92 Å². The average Bonchev–Trinajstić information content (AvgIpc) is 2.56. The highest BCUT2D eigenvalue weighted by molar-refractivity contribution is 6.02. The molecule has 1 aromatic carbocycles. The van der Waals surface area contributed by atoms with Crippen molar-refractivity contribution < 1.29 is 4.74 Å². The number of ether oxygens (including phenoxy) is 1. The summed E-state index contributed by atoms with van der Waals surface area (Å²) in [6.07, 6.45) is 6.86. The average molecular weight is 300 g/mol. The summed E-state index contributed by atoms with van der Waals surface area (Å²) in [6.45, 7) is 2.70. The summed E-state index contributed by atoms with van der Waals surface area (Å²) in [5.74, 6) is -0.210. The van der Waals surface area contributed by atoms with Gasteiger partial charge in [-0.05, 0) is 37.3 Å². The Morgan fingerprint density at radius 2 is 2.32 bits per heavy atom. The summed E-state index contributed by atoms with van der Waals surface area (Å²) < 4.78 is 5.57. The fourth-order valence-corrected chi connectivity index (χ4v) is 2.51. The van der Waals surface area contributed by atoms with Crippen molar-refractivity contribution in [2.24, 2.45) is 4.99 Å². The van der Waals surface area contributed by atoms with Gasteiger partial charge < -0.3 is 21.3 Å². The number of benzene rings is 1. The van der Waals surface area contributed by atoms with Crippen molar-refractivity contribution in [1.82, 2.24) is 0 Å². The molecule has 2 atom stereocenters. The van der Waals surface area contributed by atoms with Crippen LogP contribution in [0, 0.1) is 10.8 Å². The van der Waals surface area contributed by atoms with Crippen molar-refractivity contribution in [3.05, 3.63) is 29.3 Å². The Balaban J connectivity index is 2.13. The maximum Gasteiger partial charge on any atom is 0.147 e. The number of nitrogens with two attached hydrogens (primary N) is 1. The van der Waals surface area contributed by atoms with E-state index >= 15 is 0 Å². The van der Waals surface area contributed by atoms with E-state index in [4.69, 9.17) is 21.3 Å². The van der Waals surface area contributed by atoms with Gasteiger partial charge in [0.2, 0.25) is 0 Å². The fraction of sp³-hybridized carbons (Fsp3) is 0.471. The van der Waals surface area contributed by atoms with Crippen molar-refractivity contribution in [1.29, 1.82) is 10.8 Å². The highest BCUT2D eigenvalue weighted by Crippen LogP contribution is 2.21. The van der Waals surface area contributed by atoms with E-state index in [1.807, 2.05) is 25.1 Å². The van der Waals surface area contributed by atoms with Gasteiger partial charge >= 0.3 is 0 Å². The third-order valence-electron chi connectivity index (χ3n) is 3.89. The Labute approximate surface area is 131 Å². The number of nitrogens with zero attached hydrogens (tertiary/aromatic N) is 1. The van der Waals surface area contributed by atoms with E-state index in [0.717, 1.165) is 37.0 Å². The summed E-state index contributed by atoms with van der Waals surface area (Å²) in [5, 5.41) is 15.5. The number of aliphatic imine (C=N–C) groups is 1. The summed E-state index contributed by atoms with van der Waals surface area (Å²) in [4.78, 5) is 4.45. The lowest BCUT2D eigenvalue weighted by Gasteiger charge is -2.19. The normalized spacial score (nSPS) is 20.0. The molecule has 0 spiro atoms. The van der Waals surface area contributed by atoms with E-state index in [1.165, 1.54) is 6.21 Å². The quantitative estimate of drug-likeness (QED) is 0.554. The zero-order chi connectivity index (χ0) is 15.9. The fourth-order valence-electron chi connectivity index (χ4n) is 2.51. The number of hydrogen-bond acceptors (Lipinski definition) is 5. The standard InChI is InChI=1S/C17H24N4O/c1-2-15(19)14-7-6-12(9-16(14)20)13(10-18)11-21-17-5-3-4-8-22-17/h6-7,9-11,13,17-19H,2-5,8,20H2,1H3. The molecule has 2 unspecified atom stereocenters. The zero-order valence-electron chi connectivity index (χ0n) is 13.0. The molecule has 4 N–H and O–H groups in total. The molecule has 1 aliphatic heterocycles. The largest absolute Gasteiger partial charge is 0.398 e. The molecule has 0 aliphatic carbocycles. The third kappa shape index (κ3) is 4.01. The van der Waals surface area contributed by atoms with Gasteiger partial charge in [-0.2, -0.15) is 0 Å². The van der Waals surface area contributed by atoms with Crippen LogP contribution in [0.2, 0.25) is 0 Å². The predicted octanol–water partition coefficient (Wildman–Crippen LogP) is 3.38. The molecule has 2 rings (SSSR count). The molecule has 1 heterocycles. The SMILES string of the molecule is CCC(=N)c1ccc(C(C=N)C=NC2CCCCO2)cc1N. The van der Waals surface area contributed by atoms with E-state index in [2.05, 4.69) is 4.99 Å². The zero-order valence-corrected chi connectivity index (χ0v) is 13.0. The molecule has 5 nitrogen and oxygen atoms in total. The number of nitrogen functional groups attached to an aromatic ring is 1. The second kappa shape index (κ2) is 7.84. The monoisotopic (exact) mass is 300 g/mol. The van der Waals surface area contributed by atoms with Crippen LogP contribution in [0.15, 0.2) is 23.2 Å². The Morgan fingerprint density at radius 1 is 1.50 bits per heavy atom. The second-order valence-corrected chi connectivity index (χ2v) is 5.49. The molecule has 0 aromatic heterocycles. The Kier molecular flexibility index (Phi) is 5.83. The summed E-state index contributed by atoms with van der Waals surface area (Å²) in [5.41, 5.74) is 8.84. The van der Waals surface area contributed by atoms with Crippen LogP contribution in [0.25, 0.3) is 0 Å². The van der Waals surface area contributed by atoms with Crippen LogP contribution < -0.4 is 5.73 Å². The summed E-state index contributed by atoms with van der Waals surface area (Å²) >= 11 is 0. The molecule has 1 aromatic rings. The van der Waals surface area contributed by atoms with Gasteiger partial charge in [-0.1, -0.05) is 19.1 Å². The van der Waals surface area contributed by atoms with Gasteiger partial charge in [0.25, 0.3) is 0 Å². The first-order chi connectivity index (χ1) is 10.7. The molecule has 118 valence electrons. The molecule has 1 saturated heterocycles. The van der Waals surface area contributed by atoms with Gasteiger partial charge in [-0.3, -0.25) is 4.99 Å². The Morgan fingerprint density at radius 3 is 2.91 bits per heavy atom. The molecule has 1 aliphatic rings. The van der Waals surface area contributed by atoms with Crippen LogP contribution >= 0.6 is 0 Å². The van der Waals surface area contributed by atoms with Crippen LogP contribution in [0.4, 0.5) is 5.69 Å². The molecular formula is C17H24N4O. The summed E-state index contributed by atoms with van der Waals surface area (Å²) in [6, 6.07) is 5.61. The minimum atomic E-state index is -0.210. The number of nitrogens with one attached hydrogen (secondary N) is 2. The predicted molar refractivity (Wildman–Crippen MR) is 91.6 cm³/mol. The molecule has 5 heteroatoms. The molecule has 1 fully saturated rings. The minimum absolute atomic E-state index is 0.0823. The van der Waals surface area contributed by atoms with Crippen molar-refractivity contribution in [2.45, 2.75) is 44.8 Å². The lowest BCUT2D eigenvalue weighted by molar-refractivity contribution is 0.0226. The van der Waals surface area contributed by atoms with Crippen molar-refractivity contribution in [3.63, 3.8) is 0 Å². The number of rotatable bonds is 6. The van der Waals surface area contributed by atoms with E-state index < -0.39 is 0 Å². The van der Waals surface area contributed by atoms with E-state index in [-0.39, 0.29) is 12.1 Å². The topological polar surface area (TPSA) is 95.3 Å². The molecule has 0 bridgehead atoms. The van der Waals surface area contributed by atoms with Crippen LogP contribution in [-0.2, 0) is 4.74 Å². The summed E-state index contributed by atoms with van der Waals surface area (Å²) in [7, 11) is 0. The molecular weight excluding hydrogens is 276 g/mol. The number of hydrogen-bond donors (Lipinski definition) is 3.